The van der Waals surface area contributed by atoms with Crippen molar-refractivity contribution >= 4 is 11.6 Å². The molecule has 0 bridgehead atoms. The second-order valence-corrected chi connectivity index (χ2v) is 7.45. The minimum absolute atomic E-state index is 0.0453. The molecule has 0 atom stereocenters. The van der Waals surface area contributed by atoms with Gasteiger partial charge in [0.15, 0.2) is 0 Å². The average molecular weight is 404 g/mol. The summed E-state index contributed by atoms with van der Waals surface area (Å²) in [4.78, 5) is 16.7. The smallest absolute Gasteiger partial charge is 0.236 e. The summed E-state index contributed by atoms with van der Waals surface area (Å²) in [7, 11) is 0. The van der Waals surface area contributed by atoms with Crippen LogP contribution in [0.3, 0.4) is 0 Å². The van der Waals surface area contributed by atoms with Gasteiger partial charge in [-0.25, -0.2) is 4.39 Å². The summed E-state index contributed by atoms with van der Waals surface area (Å²) in [6.45, 7) is 2.71. The quantitative estimate of drug-likeness (QED) is 0.679. The third kappa shape index (κ3) is 4.69. The number of rotatable bonds is 6. The van der Waals surface area contributed by atoms with Gasteiger partial charge in [-0.05, 0) is 23.3 Å². The molecule has 4 rings (SSSR count). The molecule has 1 saturated heterocycles. The number of benzene rings is 3. The second-order valence-electron chi connectivity index (χ2n) is 7.45. The van der Waals surface area contributed by atoms with Gasteiger partial charge in [0.05, 0.1) is 18.3 Å². The Bertz CT molecular complexity index is 917. The van der Waals surface area contributed by atoms with E-state index < -0.39 is 0 Å². The third-order valence-corrected chi connectivity index (χ3v) is 5.55. The lowest BCUT2D eigenvalue weighted by Crippen LogP contribution is -2.51. The zero-order valence-corrected chi connectivity index (χ0v) is 16.9. The van der Waals surface area contributed by atoms with Gasteiger partial charge in [-0.15, -0.1) is 0 Å². The summed E-state index contributed by atoms with van der Waals surface area (Å²) >= 11 is 0. The van der Waals surface area contributed by atoms with Gasteiger partial charge in [-0.1, -0.05) is 72.8 Å². The molecule has 1 aliphatic rings. The molecule has 1 amide bonds. The van der Waals surface area contributed by atoms with Gasteiger partial charge < -0.3 is 9.80 Å². The van der Waals surface area contributed by atoms with Gasteiger partial charge in [-0.2, -0.15) is 0 Å². The number of nitrogens with zero attached hydrogens (tertiary/aromatic N) is 2. The number of piperazine rings is 1. The predicted octanol–water partition coefficient (Wildman–Crippen LogP) is 3.85. The van der Waals surface area contributed by atoms with Crippen molar-refractivity contribution < 1.29 is 9.18 Å². The molecule has 1 aliphatic heterocycles. The summed E-state index contributed by atoms with van der Waals surface area (Å²) < 4.78 is 14.0. The molecule has 3 aromatic rings. The molecule has 0 saturated carbocycles. The monoisotopic (exact) mass is 403 g/mol. The van der Waals surface area contributed by atoms with Crippen molar-refractivity contribution in [3.8, 4) is 0 Å². The Morgan fingerprint density at radius 2 is 1.33 bits per heavy atom. The predicted molar refractivity (Wildman–Crippen MR) is 118 cm³/mol. The molecule has 1 heterocycles. The van der Waals surface area contributed by atoms with Crippen molar-refractivity contribution in [2.24, 2.45) is 0 Å². The molecule has 5 heteroatoms. The summed E-state index contributed by atoms with van der Waals surface area (Å²) in [5.41, 5.74) is 2.86. The minimum Gasteiger partial charge on any atom is -0.366 e. The molecule has 0 spiro atoms. The van der Waals surface area contributed by atoms with E-state index >= 15 is 0 Å². The summed E-state index contributed by atoms with van der Waals surface area (Å²) in [6, 6.07) is 27.1. The number of carbonyl (C=O) groups is 1. The number of anilines is 1. The number of hydrogen-bond acceptors (Lipinski definition) is 3. The van der Waals surface area contributed by atoms with Gasteiger partial charge >= 0.3 is 0 Å². The van der Waals surface area contributed by atoms with E-state index in [1.165, 1.54) is 6.07 Å². The highest BCUT2D eigenvalue weighted by Crippen LogP contribution is 2.22. The number of amides is 1. The Kier molecular flexibility index (Phi) is 6.40. The average Bonchev–Trinajstić information content (AvgIpc) is 2.81. The van der Waals surface area contributed by atoms with Crippen LogP contribution in [0.1, 0.15) is 17.2 Å². The zero-order valence-electron chi connectivity index (χ0n) is 16.9. The Hall–Kier alpha value is -3.18. The van der Waals surface area contributed by atoms with Crippen molar-refractivity contribution in [1.29, 1.82) is 0 Å². The number of halogens is 1. The highest BCUT2D eigenvalue weighted by Gasteiger charge is 2.23. The Labute approximate surface area is 176 Å². The zero-order chi connectivity index (χ0) is 20.8. The highest BCUT2D eigenvalue weighted by molar-refractivity contribution is 5.78. The second kappa shape index (κ2) is 9.55. The van der Waals surface area contributed by atoms with Crippen LogP contribution >= 0.6 is 0 Å². The molecule has 3 aromatic carbocycles. The number of carbonyl (C=O) groups excluding carboxylic acids is 1. The summed E-state index contributed by atoms with van der Waals surface area (Å²) in [6.07, 6.45) is 0. The standard InChI is InChI=1S/C25H26FN3O/c26-22-13-7-8-14-23(22)28-15-17-29(18-16-28)24(30)19-27-25(20-9-3-1-4-10-20)21-11-5-2-6-12-21/h1-14,25,27H,15-19H2. The van der Waals surface area contributed by atoms with E-state index in [4.69, 9.17) is 0 Å². The molecule has 0 aliphatic carbocycles. The van der Waals surface area contributed by atoms with Gasteiger partial charge in [0.25, 0.3) is 0 Å². The Morgan fingerprint density at radius 3 is 1.90 bits per heavy atom. The molecule has 0 unspecified atom stereocenters. The number of para-hydroxylation sites is 1. The maximum atomic E-state index is 14.0. The lowest BCUT2D eigenvalue weighted by Gasteiger charge is -2.36. The molecule has 0 aromatic heterocycles. The first-order chi connectivity index (χ1) is 14.7. The van der Waals surface area contributed by atoms with E-state index in [9.17, 15) is 9.18 Å². The van der Waals surface area contributed by atoms with Gasteiger partial charge in [-0.3, -0.25) is 10.1 Å². The normalized spacial score (nSPS) is 14.2. The fraction of sp³-hybridized carbons (Fsp3) is 0.240. The Balaban J connectivity index is 1.37. The number of hydrogen-bond donors (Lipinski definition) is 1. The summed E-state index contributed by atoms with van der Waals surface area (Å²) in [5.74, 6) is -0.146. The van der Waals surface area contributed by atoms with Crippen LogP contribution in [0.5, 0.6) is 0 Å². The van der Waals surface area contributed by atoms with Gasteiger partial charge in [0, 0.05) is 26.2 Å². The van der Waals surface area contributed by atoms with E-state index in [-0.39, 0.29) is 24.3 Å². The highest BCUT2D eigenvalue weighted by atomic mass is 19.1. The van der Waals surface area contributed by atoms with Crippen LogP contribution in [-0.2, 0) is 4.79 Å². The number of nitrogens with one attached hydrogen (secondary N) is 1. The van der Waals surface area contributed by atoms with Crippen LogP contribution in [0.2, 0.25) is 0 Å². The van der Waals surface area contributed by atoms with Crippen LogP contribution in [0.25, 0.3) is 0 Å². The van der Waals surface area contributed by atoms with Crippen LogP contribution < -0.4 is 10.2 Å². The fourth-order valence-corrected chi connectivity index (χ4v) is 3.93. The fourth-order valence-electron chi connectivity index (χ4n) is 3.93. The lowest BCUT2D eigenvalue weighted by atomic mass is 9.99. The third-order valence-electron chi connectivity index (χ3n) is 5.55. The van der Waals surface area contributed by atoms with E-state index in [2.05, 4.69) is 29.6 Å². The Morgan fingerprint density at radius 1 is 0.800 bits per heavy atom. The van der Waals surface area contributed by atoms with E-state index in [0.717, 1.165) is 11.1 Å². The van der Waals surface area contributed by atoms with Crippen LogP contribution in [0, 0.1) is 5.82 Å². The first-order valence-electron chi connectivity index (χ1n) is 10.3. The van der Waals surface area contributed by atoms with E-state index in [0.29, 0.717) is 31.9 Å². The van der Waals surface area contributed by atoms with Crippen molar-refractivity contribution in [2.45, 2.75) is 6.04 Å². The van der Waals surface area contributed by atoms with E-state index in [1.54, 1.807) is 12.1 Å². The largest absolute Gasteiger partial charge is 0.366 e. The molecule has 4 nitrogen and oxygen atoms in total. The van der Waals surface area contributed by atoms with Gasteiger partial charge in [0.1, 0.15) is 5.82 Å². The van der Waals surface area contributed by atoms with Crippen LogP contribution in [0.4, 0.5) is 10.1 Å². The van der Waals surface area contributed by atoms with Crippen molar-refractivity contribution in [3.63, 3.8) is 0 Å². The molecular weight excluding hydrogens is 377 g/mol. The van der Waals surface area contributed by atoms with Crippen molar-refractivity contribution in [2.75, 3.05) is 37.6 Å². The van der Waals surface area contributed by atoms with Crippen molar-refractivity contribution in [3.05, 3.63) is 102 Å². The van der Waals surface area contributed by atoms with E-state index in [1.807, 2.05) is 52.3 Å². The maximum absolute atomic E-state index is 14.0. The topological polar surface area (TPSA) is 35.6 Å². The molecule has 0 radical (unpaired) electrons. The lowest BCUT2D eigenvalue weighted by molar-refractivity contribution is -0.130. The SMILES string of the molecule is O=C(CNC(c1ccccc1)c1ccccc1)N1CCN(c2ccccc2F)CC1. The minimum atomic E-state index is -0.215. The maximum Gasteiger partial charge on any atom is 0.236 e. The molecule has 1 fully saturated rings. The molecule has 30 heavy (non-hydrogen) atoms. The molecule has 1 N–H and O–H groups in total. The van der Waals surface area contributed by atoms with Gasteiger partial charge in [0.2, 0.25) is 5.91 Å². The summed E-state index contributed by atoms with van der Waals surface area (Å²) in [5, 5.41) is 3.44. The van der Waals surface area contributed by atoms with Crippen molar-refractivity contribution in [1.82, 2.24) is 10.2 Å². The molecule has 154 valence electrons. The molecular formula is C25H26FN3O. The first-order valence-corrected chi connectivity index (χ1v) is 10.3. The van der Waals surface area contributed by atoms with Crippen LogP contribution in [-0.4, -0.2) is 43.5 Å². The first kappa shape index (κ1) is 20.1. The van der Waals surface area contributed by atoms with Crippen LogP contribution in [0.15, 0.2) is 84.9 Å².